The first-order chi connectivity index (χ1) is 14.9. The van der Waals surface area contributed by atoms with Gasteiger partial charge in [-0.25, -0.2) is 4.98 Å². The lowest BCUT2D eigenvalue weighted by Crippen LogP contribution is -2.45. The molecule has 3 aromatic rings. The maximum absolute atomic E-state index is 12.7. The molecule has 1 fully saturated rings. The van der Waals surface area contributed by atoms with Crippen molar-refractivity contribution in [1.29, 1.82) is 0 Å². The lowest BCUT2D eigenvalue weighted by atomic mass is 10.1. The lowest BCUT2D eigenvalue weighted by molar-refractivity contribution is 0.0932. The minimum Gasteiger partial charge on any atom is -0.382 e. The summed E-state index contributed by atoms with van der Waals surface area (Å²) in [6.45, 7) is 4.94. The van der Waals surface area contributed by atoms with E-state index >= 15 is 0 Å². The zero-order chi connectivity index (χ0) is 22.0. The van der Waals surface area contributed by atoms with E-state index in [0.717, 1.165) is 30.6 Å². The van der Waals surface area contributed by atoms with Crippen LogP contribution in [0.25, 0.3) is 0 Å². The maximum Gasteiger partial charge on any atom is 0.251 e. The van der Waals surface area contributed by atoms with Crippen molar-refractivity contribution < 1.29 is 9.59 Å². The zero-order valence-electron chi connectivity index (χ0n) is 17.4. The van der Waals surface area contributed by atoms with Gasteiger partial charge in [-0.3, -0.25) is 9.59 Å². The number of nitrogen functional groups attached to an aromatic ring is 1. The van der Waals surface area contributed by atoms with Gasteiger partial charge in [0.1, 0.15) is 10.7 Å². The summed E-state index contributed by atoms with van der Waals surface area (Å²) in [5.41, 5.74) is 8.29. The summed E-state index contributed by atoms with van der Waals surface area (Å²) in [6, 6.07) is 9.49. The summed E-state index contributed by atoms with van der Waals surface area (Å²) in [7, 11) is 0. The molecule has 0 spiro atoms. The Morgan fingerprint density at radius 3 is 2.65 bits per heavy atom. The molecule has 162 valence electrons. The monoisotopic (exact) mass is 455 g/mol. The van der Waals surface area contributed by atoms with Crippen LogP contribution in [0.3, 0.4) is 0 Å². The number of amides is 1. The summed E-state index contributed by atoms with van der Waals surface area (Å²) in [5.74, 6) is 0.0229. The predicted octanol–water partition coefficient (Wildman–Crippen LogP) is 3.94. The van der Waals surface area contributed by atoms with Crippen LogP contribution >= 0.6 is 22.7 Å². The number of benzene rings is 1. The molecule has 31 heavy (non-hydrogen) atoms. The molecule has 7 nitrogen and oxygen atoms in total. The number of thiazole rings is 1. The van der Waals surface area contributed by atoms with E-state index in [1.165, 1.54) is 22.7 Å². The number of carbonyl (C=O) groups is 2. The minimum atomic E-state index is -0.103. The normalized spacial score (nSPS) is 16.8. The zero-order valence-corrected chi connectivity index (χ0v) is 19.0. The molecular formula is C22H25N5O2S2. The van der Waals surface area contributed by atoms with E-state index in [4.69, 9.17) is 5.73 Å². The van der Waals surface area contributed by atoms with Gasteiger partial charge in [0.2, 0.25) is 5.78 Å². The molecule has 0 aliphatic carbocycles. The number of rotatable bonds is 7. The van der Waals surface area contributed by atoms with Gasteiger partial charge in [-0.1, -0.05) is 11.3 Å². The van der Waals surface area contributed by atoms with Crippen molar-refractivity contribution in [2.75, 3.05) is 17.6 Å². The fourth-order valence-electron chi connectivity index (χ4n) is 3.61. The molecule has 2 aromatic heterocycles. The van der Waals surface area contributed by atoms with Gasteiger partial charge in [-0.05, 0) is 74.5 Å². The summed E-state index contributed by atoms with van der Waals surface area (Å²) < 4.78 is 0. The fourth-order valence-corrected chi connectivity index (χ4v) is 5.40. The van der Waals surface area contributed by atoms with Crippen LogP contribution in [0.1, 0.15) is 50.2 Å². The van der Waals surface area contributed by atoms with Crippen molar-refractivity contribution in [1.82, 2.24) is 15.6 Å². The van der Waals surface area contributed by atoms with Gasteiger partial charge in [-0.2, -0.15) is 0 Å². The molecule has 5 N–H and O–H groups in total. The highest BCUT2D eigenvalue weighted by atomic mass is 32.1. The Bertz CT molecular complexity index is 1080. The Morgan fingerprint density at radius 2 is 2.00 bits per heavy atom. The second-order valence-electron chi connectivity index (χ2n) is 7.66. The molecule has 9 heteroatoms. The van der Waals surface area contributed by atoms with Crippen molar-refractivity contribution in [3.8, 4) is 0 Å². The number of anilines is 3. The number of hydrogen-bond acceptors (Lipinski definition) is 8. The Morgan fingerprint density at radius 1 is 1.23 bits per heavy atom. The van der Waals surface area contributed by atoms with Crippen molar-refractivity contribution >= 4 is 51.0 Å². The number of nitrogens with one attached hydrogen (secondary N) is 3. The Kier molecular flexibility index (Phi) is 6.35. The summed E-state index contributed by atoms with van der Waals surface area (Å²) in [6.07, 6.45) is 2.23. The van der Waals surface area contributed by atoms with Crippen LogP contribution in [0.2, 0.25) is 0 Å². The number of aryl methyl sites for hydroxylation is 1. The average molecular weight is 456 g/mol. The quantitative estimate of drug-likeness (QED) is 0.402. The second-order valence-corrected chi connectivity index (χ2v) is 9.58. The third-order valence-corrected chi connectivity index (χ3v) is 7.39. The Balaban J connectivity index is 1.40. The largest absolute Gasteiger partial charge is 0.382 e. The van der Waals surface area contributed by atoms with Crippen molar-refractivity contribution in [3.63, 3.8) is 0 Å². The van der Waals surface area contributed by atoms with Crippen LogP contribution in [0.4, 0.5) is 16.6 Å². The van der Waals surface area contributed by atoms with Crippen molar-refractivity contribution in [2.24, 2.45) is 0 Å². The molecular weight excluding hydrogens is 430 g/mol. The van der Waals surface area contributed by atoms with Crippen LogP contribution in [0.5, 0.6) is 0 Å². The molecule has 2 atom stereocenters. The summed E-state index contributed by atoms with van der Waals surface area (Å²) in [5, 5.41) is 12.1. The van der Waals surface area contributed by atoms with Crippen LogP contribution in [-0.2, 0) is 0 Å². The maximum atomic E-state index is 12.7. The highest BCUT2D eigenvalue weighted by Crippen LogP contribution is 2.31. The number of carbonyl (C=O) groups excluding carboxylic acids is 2. The van der Waals surface area contributed by atoms with Crippen molar-refractivity contribution in [3.05, 3.63) is 56.6 Å². The minimum absolute atomic E-state index is 0.0778. The predicted molar refractivity (Wildman–Crippen MR) is 127 cm³/mol. The number of thiophene rings is 1. The first-order valence-electron chi connectivity index (χ1n) is 10.2. The van der Waals surface area contributed by atoms with Crippen LogP contribution in [-0.4, -0.2) is 35.3 Å². The highest BCUT2D eigenvalue weighted by molar-refractivity contribution is 7.19. The molecule has 4 rings (SSSR count). The van der Waals surface area contributed by atoms with Gasteiger partial charge in [0.05, 0.1) is 4.88 Å². The van der Waals surface area contributed by atoms with E-state index in [0.29, 0.717) is 26.5 Å². The highest BCUT2D eigenvalue weighted by Gasteiger charge is 2.23. The molecule has 0 saturated carbocycles. The molecule has 1 unspecified atom stereocenters. The van der Waals surface area contributed by atoms with E-state index in [1.807, 2.05) is 37.4 Å². The van der Waals surface area contributed by atoms with E-state index in [-0.39, 0.29) is 23.6 Å². The smallest absolute Gasteiger partial charge is 0.251 e. The first-order valence-corrected chi connectivity index (χ1v) is 11.9. The third-order valence-electron chi connectivity index (χ3n) is 5.39. The van der Waals surface area contributed by atoms with Gasteiger partial charge in [0, 0.05) is 23.3 Å². The van der Waals surface area contributed by atoms with E-state index < -0.39 is 0 Å². The first kappa shape index (κ1) is 21.5. The number of hydrogen-bond donors (Lipinski definition) is 4. The van der Waals surface area contributed by atoms with Gasteiger partial charge in [0.25, 0.3) is 5.91 Å². The van der Waals surface area contributed by atoms with E-state index in [1.54, 1.807) is 12.1 Å². The summed E-state index contributed by atoms with van der Waals surface area (Å²) in [4.78, 5) is 30.7. The number of nitrogens with zero attached hydrogens (tertiary/aromatic N) is 1. The molecule has 3 heterocycles. The van der Waals surface area contributed by atoms with Gasteiger partial charge in [0.15, 0.2) is 5.13 Å². The van der Waals surface area contributed by atoms with E-state index in [9.17, 15) is 9.59 Å². The summed E-state index contributed by atoms with van der Waals surface area (Å²) >= 11 is 2.63. The van der Waals surface area contributed by atoms with Gasteiger partial charge in [-0.15, -0.1) is 11.3 Å². The molecule has 1 aliphatic rings. The fraction of sp³-hybridized carbons (Fsp3) is 0.318. The Hall–Kier alpha value is -2.75. The lowest BCUT2D eigenvalue weighted by Gasteiger charge is -2.20. The molecule has 0 bridgehead atoms. The van der Waals surface area contributed by atoms with Gasteiger partial charge >= 0.3 is 0 Å². The molecule has 1 amide bonds. The molecule has 1 aromatic carbocycles. The average Bonchev–Trinajstić information content (AvgIpc) is 3.49. The third kappa shape index (κ3) is 4.79. The number of aromatic nitrogens is 1. The van der Waals surface area contributed by atoms with Crippen molar-refractivity contribution in [2.45, 2.75) is 38.8 Å². The number of nitrogens with two attached hydrogens (primary N) is 1. The Labute approximate surface area is 189 Å². The second kappa shape index (κ2) is 9.17. The topological polar surface area (TPSA) is 109 Å². The SMILES string of the molecule is Cc1ccsc1C(=O)c1sc(Nc2ccc(C(=O)NC(C)[C@@H]3CCCN3)cc2)nc1N. The molecule has 1 saturated heterocycles. The number of ketones is 1. The van der Waals surface area contributed by atoms with Crippen LogP contribution in [0.15, 0.2) is 35.7 Å². The van der Waals surface area contributed by atoms with E-state index in [2.05, 4.69) is 20.9 Å². The standard InChI is InChI=1S/C22H25N5O2S2/c1-12-9-11-30-18(12)17(28)19-20(23)27-22(31-19)26-15-7-5-14(6-8-15)21(29)25-13(2)16-4-3-10-24-16/h5-9,11,13,16,24H,3-4,10,23H2,1-2H3,(H,25,29)(H,26,27)/t13?,16-/m0/s1. The molecule has 1 aliphatic heterocycles. The molecule has 0 radical (unpaired) electrons. The van der Waals surface area contributed by atoms with Crippen LogP contribution < -0.4 is 21.7 Å². The van der Waals surface area contributed by atoms with Gasteiger partial charge < -0.3 is 21.7 Å². The van der Waals surface area contributed by atoms with Crippen LogP contribution in [0, 0.1) is 6.92 Å².